The van der Waals surface area contributed by atoms with Gasteiger partial charge in [-0.05, 0) is 36.3 Å². The molecule has 16 heavy (non-hydrogen) atoms. The molecule has 0 amide bonds. The summed E-state index contributed by atoms with van der Waals surface area (Å²) in [6.45, 7) is 0. The lowest BCUT2D eigenvalue weighted by atomic mass is 9.97. The summed E-state index contributed by atoms with van der Waals surface area (Å²) in [5.74, 6) is 1.52. The highest BCUT2D eigenvalue weighted by atomic mass is 32.2. The minimum atomic E-state index is 0.249. The Morgan fingerprint density at radius 3 is 2.81 bits per heavy atom. The summed E-state index contributed by atoms with van der Waals surface area (Å²) in [5, 5.41) is 1.91. The summed E-state index contributed by atoms with van der Waals surface area (Å²) < 4.78 is 0. The van der Waals surface area contributed by atoms with E-state index in [-0.39, 0.29) is 5.92 Å². The molecule has 1 unspecified atom stereocenters. The van der Waals surface area contributed by atoms with Gasteiger partial charge in [-0.25, -0.2) is 0 Å². The average Bonchev–Trinajstić information content (AvgIpc) is 2.33. The summed E-state index contributed by atoms with van der Waals surface area (Å²) in [6.07, 6.45) is 4.93. The van der Waals surface area contributed by atoms with Gasteiger partial charge >= 0.3 is 0 Å². The first-order valence-corrected chi connectivity index (χ1v) is 6.77. The van der Waals surface area contributed by atoms with Crippen LogP contribution in [0.15, 0.2) is 41.8 Å². The van der Waals surface area contributed by atoms with Crippen molar-refractivity contribution < 1.29 is 4.79 Å². The summed E-state index contributed by atoms with van der Waals surface area (Å²) in [7, 11) is 0. The van der Waals surface area contributed by atoms with Crippen molar-refractivity contribution in [3.8, 4) is 0 Å². The zero-order valence-corrected chi connectivity index (χ0v) is 10.1. The van der Waals surface area contributed by atoms with Gasteiger partial charge in [-0.2, -0.15) is 0 Å². The van der Waals surface area contributed by atoms with Crippen LogP contribution in [0.4, 0.5) is 0 Å². The van der Waals surface area contributed by atoms with Crippen molar-refractivity contribution in [3.05, 3.63) is 47.4 Å². The van der Waals surface area contributed by atoms with Gasteiger partial charge in [0.15, 0.2) is 5.78 Å². The smallest absolute Gasteiger partial charge is 0.160 e. The van der Waals surface area contributed by atoms with Crippen LogP contribution >= 0.6 is 11.8 Å². The van der Waals surface area contributed by atoms with Crippen molar-refractivity contribution in [1.82, 2.24) is 0 Å². The van der Waals surface area contributed by atoms with Crippen LogP contribution in [-0.2, 0) is 11.2 Å². The van der Waals surface area contributed by atoms with Crippen molar-refractivity contribution in [2.75, 3.05) is 5.75 Å². The lowest BCUT2D eigenvalue weighted by molar-refractivity contribution is -0.117. The number of benzene rings is 1. The van der Waals surface area contributed by atoms with Crippen molar-refractivity contribution in [3.63, 3.8) is 0 Å². The molecule has 0 spiro atoms. The van der Waals surface area contributed by atoms with Gasteiger partial charge in [0, 0.05) is 11.7 Å². The maximum absolute atomic E-state index is 11.5. The molecule has 0 bridgehead atoms. The molecule has 1 aliphatic heterocycles. The molecule has 0 saturated heterocycles. The Morgan fingerprint density at radius 2 is 2.06 bits per heavy atom. The number of hydrogen-bond donors (Lipinski definition) is 0. The molecular weight excluding hydrogens is 216 g/mol. The Hall–Kier alpha value is -1.02. The van der Waals surface area contributed by atoms with Gasteiger partial charge in [0.1, 0.15) is 0 Å². The van der Waals surface area contributed by atoms with Crippen LogP contribution in [-0.4, -0.2) is 11.5 Å². The van der Waals surface area contributed by atoms with Gasteiger partial charge < -0.3 is 0 Å². The van der Waals surface area contributed by atoms with Crippen LogP contribution in [0.25, 0.3) is 0 Å². The number of rotatable bonds is 4. The van der Waals surface area contributed by atoms with Crippen molar-refractivity contribution >= 4 is 17.5 Å². The first kappa shape index (κ1) is 11.5. The third kappa shape index (κ3) is 3.24. The Morgan fingerprint density at radius 1 is 1.25 bits per heavy atom. The van der Waals surface area contributed by atoms with E-state index >= 15 is 0 Å². The van der Waals surface area contributed by atoms with Gasteiger partial charge in [0.25, 0.3) is 0 Å². The molecule has 1 aliphatic rings. The summed E-state index contributed by atoms with van der Waals surface area (Å²) in [6, 6.07) is 10.5. The number of thioether (sulfide) groups is 1. The highest BCUT2D eigenvalue weighted by Gasteiger charge is 2.18. The van der Waals surface area contributed by atoms with Gasteiger partial charge in [0.2, 0.25) is 0 Å². The lowest BCUT2D eigenvalue weighted by Gasteiger charge is -2.15. The predicted molar refractivity (Wildman–Crippen MR) is 69.5 cm³/mol. The van der Waals surface area contributed by atoms with Crippen LogP contribution in [0.2, 0.25) is 0 Å². The number of carbonyl (C=O) groups is 1. The highest BCUT2D eigenvalue weighted by molar-refractivity contribution is 8.02. The Labute approximate surface area is 101 Å². The molecule has 84 valence electrons. The molecule has 0 saturated carbocycles. The Kier molecular flexibility index (Phi) is 4.23. The van der Waals surface area contributed by atoms with Crippen LogP contribution < -0.4 is 0 Å². The van der Waals surface area contributed by atoms with E-state index in [9.17, 15) is 4.79 Å². The number of carbonyl (C=O) groups excluding carboxylic acids is 1. The quantitative estimate of drug-likeness (QED) is 0.791. The molecule has 2 rings (SSSR count). The second-order valence-corrected chi connectivity index (χ2v) is 5.05. The fourth-order valence-corrected chi connectivity index (χ4v) is 2.83. The lowest BCUT2D eigenvalue weighted by Crippen LogP contribution is -2.17. The fourth-order valence-electron chi connectivity index (χ4n) is 1.93. The zero-order chi connectivity index (χ0) is 11.2. The maximum Gasteiger partial charge on any atom is 0.160 e. The van der Waals surface area contributed by atoms with Crippen LogP contribution in [0.1, 0.15) is 18.4 Å². The van der Waals surface area contributed by atoms with Gasteiger partial charge in [-0.1, -0.05) is 30.3 Å². The topological polar surface area (TPSA) is 17.1 Å². The molecule has 0 fully saturated rings. The minimum absolute atomic E-state index is 0.249. The van der Waals surface area contributed by atoms with Gasteiger partial charge in [-0.3, -0.25) is 4.79 Å². The SMILES string of the molecule is O=C1C=CSCC1CCCc1ccccc1. The molecular formula is C14H16OS. The molecule has 1 nitrogen and oxygen atoms in total. The number of ketones is 1. The van der Waals surface area contributed by atoms with Crippen molar-refractivity contribution in [1.29, 1.82) is 0 Å². The Bertz CT molecular complexity index is 370. The second-order valence-electron chi connectivity index (χ2n) is 4.11. The zero-order valence-electron chi connectivity index (χ0n) is 9.26. The molecule has 0 aliphatic carbocycles. The van der Waals surface area contributed by atoms with Crippen LogP contribution in [0.5, 0.6) is 0 Å². The molecule has 0 aromatic heterocycles. The highest BCUT2D eigenvalue weighted by Crippen LogP contribution is 2.22. The maximum atomic E-state index is 11.5. The third-order valence-electron chi connectivity index (χ3n) is 2.89. The minimum Gasteiger partial charge on any atom is -0.294 e. The standard InChI is InChI=1S/C14H16OS/c15-14-9-10-16-11-13(14)8-4-7-12-5-2-1-3-6-12/h1-3,5-6,9-10,13H,4,7-8,11H2. The molecule has 1 aromatic carbocycles. The molecule has 1 aromatic rings. The summed E-state index contributed by atoms with van der Waals surface area (Å²) in [4.78, 5) is 11.5. The van der Waals surface area contributed by atoms with E-state index in [0.29, 0.717) is 5.78 Å². The predicted octanol–water partition coefficient (Wildman–Crippen LogP) is 3.46. The monoisotopic (exact) mass is 232 g/mol. The Balaban J connectivity index is 1.76. The van der Waals surface area contributed by atoms with E-state index < -0.39 is 0 Å². The van der Waals surface area contributed by atoms with Gasteiger partial charge in [-0.15, -0.1) is 11.8 Å². The first-order chi connectivity index (χ1) is 7.86. The number of allylic oxidation sites excluding steroid dienone is 1. The number of aryl methyl sites for hydroxylation is 1. The fraction of sp³-hybridized carbons (Fsp3) is 0.357. The van der Waals surface area contributed by atoms with Crippen molar-refractivity contribution in [2.45, 2.75) is 19.3 Å². The summed E-state index contributed by atoms with van der Waals surface area (Å²) >= 11 is 1.75. The normalized spacial score (nSPS) is 20.0. The van der Waals surface area contributed by atoms with E-state index in [4.69, 9.17) is 0 Å². The second kappa shape index (κ2) is 5.90. The van der Waals surface area contributed by atoms with E-state index in [1.54, 1.807) is 17.8 Å². The average molecular weight is 232 g/mol. The first-order valence-electron chi connectivity index (χ1n) is 5.72. The number of hydrogen-bond acceptors (Lipinski definition) is 2. The van der Waals surface area contributed by atoms with Crippen LogP contribution in [0, 0.1) is 5.92 Å². The molecule has 1 heterocycles. The molecule has 1 atom stereocenters. The third-order valence-corrected chi connectivity index (χ3v) is 3.81. The van der Waals surface area contributed by atoms with E-state index in [1.165, 1.54) is 5.56 Å². The molecule has 0 N–H and O–H groups in total. The van der Waals surface area contributed by atoms with E-state index in [1.807, 2.05) is 11.5 Å². The molecule has 0 radical (unpaired) electrons. The van der Waals surface area contributed by atoms with E-state index in [2.05, 4.69) is 24.3 Å². The summed E-state index contributed by atoms with van der Waals surface area (Å²) in [5.41, 5.74) is 1.37. The van der Waals surface area contributed by atoms with Crippen molar-refractivity contribution in [2.24, 2.45) is 5.92 Å². The van der Waals surface area contributed by atoms with E-state index in [0.717, 1.165) is 25.0 Å². The van der Waals surface area contributed by atoms with Crippen LogP contribution in [0.3, 0.4) is 0 Å². The largest absolute Gasteiger partial charge is 0.294 e. The molecule has 2 heteroatoms. The van der Waals surface area contributed by atoms with Gasteiger partial charge in [0.05, 0.1) is 0 Å².